The van der Waals surface area contributed by atoms with Crippen molar-refractivity contribution in [2.24, 2.45) is 10.8 Å². The fourth-order valence-electron chi connectivity index (χ4n) is 2.49. The van der Waals surface area contributed by atoms with Crippen LogP contribution in [0, 0.1) is 22.2 Å². The molecule has 1 aromatic carbocycles. The summed E-state index contributed by atoms with van der Waals surface area (Å²) in [7, 11) is 0. The van der Waals surface area contributed by atoms with Crippen LogP contribution in [0.15, 0.2) is 30.3 Å². The Hall–Kier alpha value is -1.33. The predicted molar refractivity (Wildman–Crippen MR) is 89.9 cm³/mol. The third-order valence-electron chi connectivity index (χ3n) is 3.76. The molecule has 0 aromatic heterocycles. The first-order valence-corrected chi connectivity index (χ1v) is 7.89. The van der Waals surface area contributed by atoms with Gasteiger partial charge in [0.25, 0.3) is 0 Å². The monoisotopic (exact) mass is 286 g/mol. The van der Waals surface area contributed by atoms with E-state index in [2.05, 4.69) is 76.3 Å². The molecule has 0 aliphatic carbocycles. The van der Waals surface area contributed by atoms with Gasteiger partial charge in [0.1, 0.15) is 0 Å². The number of hydrogen-bond acceptors (Lipinski definition) is 2. The van der Waals surface area contributed by atoms with Crippen LogP contribution in [0.5, 0.6) is 0 Å². The summed E-state index contributed by atoms with van der Waals surface area (Å²) in [6, 6.07) is 13.3. The SMILES string of the molecule is CC(C)(C)CC(NCC(C)(C)CCC#N)c1ccccc1. The molecule has 0 saturated carbocycles. The first kappa shape index (κ1) is 17.7. The van der Waals surface area contributed by atoms with Crippen molar-refractivity contribution >= 4 is 0 Å². The first-order chi connectivity index (χ1) is 9.73. The molecular weight excluding hydrogens is 256 g/mol. The maximum absolute atomic E-state index is 8.77. The van der Waals surface area contributed by atoms with Crippen molar-refractivity contribution in [2.45, 2.75) is 59.9 Å². The molecule has 0 aliphatic heterocycles. The van der Waals surface area contributed by atoms with E-state index in [4.69, 9.17) is 5.26 Å². The van der Waals surface area contributed by atoms with Crippen LogP contribution in [0.1, 0.15) is 65.5 Å². The van der Waals surface area contributed by atoms with Crippen LogP contribution in [0.4, 0.5) is 0 Å². The number of nitrogens with one attached hydrogen (secondary N) is 1. The highest BCUT2D eigenvalue weighted by Crippen LogP contribution is 2.30. The summed E-state index contributed by atoms with van der Waals surface area (Å²) in [4.78, 5) is 0. The molecule has 21 heavy (non-hydrogen) atoms. The van der Waals surface area contributed by atoms with Gasteiger partial charge in [-0.3, -0.25) is 0 Å². The molecular formula is C19H30N2. The van der Waals surface area contributed by atoms with Gasteiger partial charge in [-0.1, -0.05) is 65.0 Å². The molecule has 0 radical (unpaired) electrons. The summed E-state index contributed by atoms with van der Waals surface area (Å²) < 4.78 is 0. The van der Waals surface area contributed by atoms with Crippen molar-refractivity contribution in [2.75, 3.05) is 6.54 Å². The van der Waals surface area contributed by atoms with E-state index >= 15 is 0 Å². The molecule has 1 N–H and O–H groups in total. The van der Waals surface area contributed by atoms with E-state index in [0.29, 0.717) is 12.5 Å². The van der Waals surface area contributed by atoms with Crippen molar-refractivity contribution < 1.29 is 0 Å². The lowest BCUT2D eigenvalue weighted by atomic mass is 9.83. The Morgan fingerprint density at radius 3 is 2.24 bits per heavy atom. The minimum absolute atomic E-state index is 0.153. The molecule has 0 aliphatic rings. The zero-order chi connectivity index (χ0) is 15.9. The second-order valence-corrected chi connectivity index (χ2v) is 7.93. The molecule has 1 atom stereocenters. The van der Waals surface area contributed by atoms with E-state index in [0.717, 1.165) is 19.4 Å². The molecule has 0 amide bonds. The van der Waals surface area contributed by atoms with Gasteiger partial charge in [0, 0.05) is 19.0 Å². The molecule has 2 nitrogen and oxygen atoms in total. The Balaban J connectivity index is 2.73. The fraction of sp³-hybridized carbons (Fsp3) is 0.632. The first-order valence-electron chi connectivity index (χ1n) is 7.89. The van der Waals surface area contributed by atoms with Gasteiger partial charge in [-0.05, 0) is 29.2 Å². The van der Waals surface area contributed by atoms with E-state index in [1.807, 2.05) is 0 Å². The van der Waals surface area contributed by atoms with Crippen LogP contribution in [0.25, 0.3) is 0 Å². The summed E-state index contributed by atoms with van der Waals surface area (Å²) in [5, 5.41) is 12.5. The van der Waals surface area contributed by atoms with Gasteiger partial charge < -0.3 is 5.32 Å². The Bertz CT molecular complexity index is 449. The molecule has 116 valence electrons. The lowest BCUT2D eigenvalue weighted by molar-refractivity contribution is 0.260. The fourth-order valence-corrected chi connectivity index (χ4v) is 2.49. The summed E-state index contributed by atoms with van der Waals surface area (Å²) >= 11 is 0. The van der Waals surface area contributed by atoms with Crippen LogP contribution in [0.2, 0.25) is 0 Å². The Morgan fingerprint density at radius 2 is 1.71 bits per heavy atom. The average molecular weight is 286 g/mol. The van der Waals surface area contributed by atoms with Crippen LogP contribution < -0.4 is 5.32 Å². The highest BCUT2D eigenvalue weighted by atomic mass is 14.9. The van der Waals surface area contributed by atoms with Gasteiger partial charge in [-0.2, -0.15) is 5.26 Å². The molecule has 0 heterocycles. The Morgan fingerprint density at radius 1 is 1.10 bits per heavy atom. The van der Waals surface area contributed by atoms with Crippen molar-refractivity contribution in [3.63, 3.8) is 0 Å². The molecule has 0 fully saturated rings. The molecule has 1 rings (SSSR count). The maximum Gasteiger partial charge on any atom is 0.0621 e. The van der Waals surface area contributed by atoms with Gasteiger partial charge in [0.15, 0.2) is 0 Å². The van der Waals surface area contributed by atoms with Crippen molar-refractivity contribution in [3.8, 4) is 6.07 Å². The zero-order valence-electron chi connectivity index (χ0n) is 14.2. The largest absolute Gasteiger partial charge is 0.309 e. The Kier molecular flexibility index (Phi) is 6.42. The van der Waals surface area contributed by atoms with E-state index in [9.17, 15) is 0 Å². The lowest BCUT2D eigenvalue weighted by Crippen LogP contribution is -2.34. The summed E-state index contributed by atoms with van der Waals surface area (Å²) in [6.45, 7) is 12.2. The lowest BCUT2D eigenvalue weighted by Gasteiger charge is -2.31. The van der Waals surface area contributed by atoms with E-state index in [-0.39, 0.29) is 10.8 Å². The standard InChI is InChI=1S/C19H30N2/c1-18(2,3)14-17(16-10-7-6-8-11-16)21-15-19(4,5)12-9-13-20/h6-8,10-11,17,21H,9,12,14-15H2,1-5H3. The predicted octanol–water partition coefficient (Wildman–Crippen LogP) is 5.08. The van der Waals surface area contributed by atoms with Gasteiger partial charge >= 0.3 is 0 Å². The Labute approximate surface area is 130 Å². The third kappa shape index (κ3) is 7.29. The molecule has 0 bridgehead atoms. The average Bonchev–Trinajstić information content (AvgIpc) is 2.41. The van der Waals surface area contributed by atoms with Crippen molar-refractivity contribution in [1.82, 2.24) is 5.32 Å². The minimum atomic E-state index is 0.153. The zero-order valence-corrected chi connectivity index (χ0v) is 14.2. The molecule has 1 unspecified atom stereocenters. The molecule has 0 spiro atoms. The van der Waals surface area contributed by atoms with Crippen LogP contribution in [0.3, 0.4) is 0 Å². The number of hydrogen-bond donors (Lipinski definition) is 1. The number of nitriles is 1. The van der Waals surface area contributed by atoms with Gasteiger partial charge in [0.2, 0.25) is 0 Å². The molecule has 1 aromatic rings. The van der Waals surface area contributed by atoms with E-state index in [1.54, 1.807) is 0 Å². The molecule has 0 saturated heterocycles. The smallest absolute Gasteiger partial charge is 0.0621 e. The highest BCUT2D eigenvalue weighted by Gasteiger charge is 2.23. The van der Waals surface area contributed by atoms with E-state index < -0.39 is 0 Å². The summed E-state index contributed by atoms with van der Waals surface area (Å²) in [6.07, 6.45) is 2.67. The van der Waals surface area contributed by atoms with Crippen LogP contribution in [-0.4, -0.2) is 6.54 Å². The highest BCUT2D eigenvalue weighted by molar-refractivity contribution is 5.19. The number of rotatable bonds is 7. The third-order valence-corrected chi connectivity index (χ3v) is 3.76. The minimum Gasteiger partial charge on any atom is -0.309 e. The normalized spacial score (nSPS) is 13.7. The van der Waals surface area contributed by atoms with Gasteiger partial charge in [-0.15, -0.1) is 0 Å². The van der Waals surface area contributed by atoms with Crippen molar-refractivity contribution in [3.05, 3.63) is 35.9 Å². The number of nitrogens with zero attached hydrogens (tertiary/aromatic N) is 1. The quantitative estimate of drug-likeness (QED) is 0.758. The van der Waals surface area contributed by atoms with Gasteiger partial charge in [0.05, 0.1) is 6.07 Å². The van der Waals surface area contributed by atoms with Crippen LogP contribution in [-0.2, 0) is 0 Å². The number of benzene rings is 1. The summed E-state index contributed by atoms with van der Waals surface area (Å²) in [5.41, 5.74) is 1.79. The second kappa shape index (κ2) is 7.61. The topological polar surface area (TPSA) is 35.8 Å². The van der Waals surface area contributed by atoms with Crippen molar-refractivity contribution in [1.29, 1.82) is 5.26 Å². The van der Waals surface area contributed by atoms with Gasteiger partial charge in [-0.25, -0.2) is 0 Å². The second-order valence-electron chi connectivity index (χ2n) is 7.93. The molecule has 2 heteroatoms. The summed E-state index contributed by atoms with van der Waals surface area (Å²) in [5.74, 6) is 0. The maximum atomic E-state index is 8.77. The van der Waals surface area contributed by atoms with Crippen LogP contribution >= 0.6 is 0 Å². The van der Waals surface area contributed by atoms with E-state index in [1.165, 1.54) is 5.56 Å².